The molecule has 2 radical (unpaired) electrons. The van der Waals surface area contributed by atoms with Crippen LogP contribution >= 0.6 is 17.0 Å². The topological polar surface area (TPSA) is 0 Å². The Labute approximate surface area is 399 Å². The molecule has 0 heterocycles. The molecule has 0 aliphatic heterocycles. The van der Waals surface area contributed by atoms with Crippen LogP contribution in [0.5, 0.6) is 0 Å². The van der Waals surface area contributed by atoms with Crippen LogP contribution in [0.1, 0.15) is 152 Å². The van der Waals surface area contributed by atoms with Gasteiger partial charge in [0.2, 0.25) is 0 Å². The van der Waals surface area contributed by atoms with E-state index in [1.807, 2.05) is 0 Å². The van der Waals surface area contributed by atoms with Gasteiger partial charge in [-0.25, -0.2) is 0 Å². The monoisotopic (exact) mass is 960 g/mol. The molecule has 62 heavy (non-hydrogen) atoms. The molecule has 330 valence electrons. The number of halogens is 2. The van der Waals surface area contributed by atoms with Gasteiger partial charge in [-0.2, -0.15) is 12.1 Å². The third-order valence-electron chi connectivity index (χ3n) is 14.3. The van der Waals surface area contributed by atoms with Gasteiger partial charge < -0.3 is 0 Å². The zero-order chi connectivity index (χ0) is 44.2. The van der Waals surface area contributed by atoms with E-state index in [4.69, 9.17) is 17.0 Å². The van der Waals surface area contributed by atoms with E-state index in [9.17, 15) is 0 Å². The van der Waals surface area contributed by atoms with Crippen LogP contribution in [0.25, 0.3) is 43.8 Å². The van der Waals surface area contributed by atoms with Crippen molar-refractivity contribution in [2.75, 3.05) is 0 Å². The molecule has 0 nitrogen and oxygen atoms in total. The molecule has 0 aromatic heterocycles. The second-order valence-corrected chi connectivity index (χ2v) is 23.7. The fourth-order valence-corrected chi connectivity index (χ4v) is 10.6. The first-order valence-corrected chi connectivity index (χ1v) is 32.6. The summed E-state index contributed by atoms with van der Waals surface area (Å²) in [5, 5.41) is 5.66. The summed E-state index contributed by atoms with van der Waals surface area (Å²) in [6.07, 6.45) is 28.0. The van der Waals surface area contributed by atoms with Gasteiger partial charge in [0.25, 0.3) is 0 Å². The van der Waals surface area contributed by atoms with Crippen molar-refractivity contribution < 1.29 is 20.8 Å². The molecule has 6 aromatic rings. The fourth-order valence-electron chi connectivity index (χ4n) is 10.6. The summed E-state index contributed by atoms with van der Waals surface area (Å²) in [4.78, 5) is 0. The zero-order valence-corrected chi connectivity index (χ0v) is 44.3. The quantitative estimate of drug-likeness (QED) is 0.105. The standard InChI is InChI=1S/2C28H35.C2H6Si.2ClH.Zr/c2*1-3-28(17-8-6-4-5-7-9-18-28)21-23-19-25-11-10-12-26(27(25)20-23)24-15-13-22(2)14-16-24;1-3-2;;;/h2*10-16,19-20H,3-9,17-18,21H2,1-2H3;1-2H3;2*1H;/q2*-1;;;;+4/p-2. The number of benzene rings is 4. The Morgan fingerprint density at radius 1 is 0.500 bits per heavy atom. The molecule has 6 aromatic carbocycles. The summed E-state index contributed by atoms with van der Waals surface area (Å²) in [6, 6.07) is 41.5. The Hall–Kier alpha value is -2.22. The molecule has 4 heteroatoms. The molecule has 0 bridgehead atoms. The van der Waals surface area contributed by atoms with Crippen molar-refractivity contribution in [3.8, 4) is 22.3 Å². The predicted octanol–water partition coefficient (Wildman–Crippen LogP) is 19.4. The Morgan fingerprint density at radius 2 is 0.806 bits per heavy atom. The van der Waals surface area contributed by atoms with E-state index in [0.717, 1.165) is 9.52 Å². The maximum atomic E-state index is 4.93. The van der Waals surface area contributed by atoms with Gasteiger partial charge in [-0.15, -0.1) is 69.1 Å². The minimum absolute atomic E-state index is 0.513. The molecule has 2 aliphatic carbocycles. The Balaban J connectivity index is 0.000000208. The molecule has 0 unspecified atom stereocenters. The summed E-state index contributed by atoms with van der Waals surface area (Å²) in [5.74, 6) is 0. The van der Waals surface area contributed by atoms with E-state index < -0.39 is 20.8 Å². The van der Waals surface area contributed by atoms with Gasteiger partial charge in [0.1, 0.15) is 0 Å². The molecule has 8 rings (SSSR count). The van der Waals surface area contributed by atoms with Gasteiger partial charge in [0, 0.05) is 9.52 Å². The third kappa shape index (κ3) is 14.9. The van der Waals surface area contributed by atoms with Gasteiger partial charge >= 0.3 is 37.9 Å². The SMILES string of the molecule is CCC1(Cc2cc3c(-c4ccc(C)cc4)cccc3[cH-]2)CCCCCCCC1.CCC1(Cc2cc3c(-c4ccc(C)cc4)cccc3[cH-]2)CCCCCCCC1.C[Si]C.[Cl][Zr+2][Cl]. The molecule has 2 fully saturated rings. The fraction of sp³-hybridized carbons (Fsp3) is 0.483. The molecule has 2 aliphatic rings. The van der Waals surface area contributed by atoms with E-state index in [-0.39, 0.29) is 0 Å². The van der Waals surface area contributed by atoms with Gasteiger partial charge in [-0.1, -0.05) is 200 Å². The van der Waals surface area contributed by atoms with E-state index >= 15 is 0 Å². The van der Waals surface area contributed by atoms with Crippen molar-refractivity contribution in [3.63, 3.8) is 0 Å². The average Bonchev–Trinajstić information content (AvgIpc) is 3.94. The first-order valence-electron chi connectivity index (χ1n) is 24.3. The molecule has 0 atom stereocenters. The minimum atomic E-state index is -0.826. The van der Waals surface area contributed by atoms with Crippen molar-refractivity contribution in [3.05, 3.63) is 131 Å². The number of hydrogen-bond donors (Lipinski definition) is 0. The van der Waals surface area contributed by atoms with Crippen LogP contribution in [-0.4, -0.2) is 9.52 Å². The van der Waals surface area contributed by atoms with Gasteiger partial charge in [-0.05, 0) is 74.3 Å². The molecule has 2 saturated carbocycles. The first kappa shape index (κ1) is 50.8. The van der Waals surface area contributed by atoms with Crippen LogP contribution in [0.2, 0.25) is 13.1 Å². The number of aryl methyl sites for hydroxylation is 2. The van der Waals surface area contributed by atoms with Crippen LogP contribution in [0.3, 0.4) is 0 Å². The average molecular weight is 963 g/mol. The molecular formula is C58H76Cl2SiZr. The maximum absolute atomic E-state index is 4.93. The van der Waals surface area contributed by atoms with E-state index in [1.165, 1.54) is 183 Å². The van der Waals surface area contributed by atoms with Crippen LogP contribution in [0.4, 0.5) is 0 Å². The van der Waals surface area contributed by atoms with Crippen molar-refractivity contribution in [1.29, 1.82) is 0 Å². The Kier molecular flexibility index (Phi) is 21.8. The number of rotatable bonds is 8. The third-order valence-corrected chi connectivity index (χ3v) is 14.3. The predicted molar refractivity (Wildman–Crippen MR) is 275 cm³/mol. The molecule has 0 N–H and O–H groups in total. The molecule has 0 saturated heterocycles. The second-order valence-electron chi connectivity index (χ2n) is 19.0. The van der Waals surface area contributed by atoms with Crippen molar-refractivity contribution in [1.82, 2.24) is 0 Å². The number of fused-ring (bicyclic) bond motifs is 2. The normalized spacial score (nSPS) is 16.5. The first-order chi connectivity index (χ1) is 30.2. The summed E-state index contributed by atoms with van der Waals surface area (Å²) in [6.45, 7) is 13.5. The second kappa shape index (κ2) is 26.7. The van der Waals surface area contributed by atoms with E-state index in [2.05, 4.69) is 150 Å². The Morgan fingerprint density at radius 3 is 1.11 bits per heavy atom. The Bertz CT molecular complexity index is 1980. The van der Waals surface area contributed by atoms with Crippen LogP contribution < -0.4 is 0 Å². The molecule has 0 amide bonds. The van der Waals surface area contributed by atoms with Gasteiger partial charge in [0.05, 0.1) is 0 Å². The summed E-state index contributed by atoms with van der Waals surface area (Å²) >= 11 is -0.826. The summed E-state index contributed by atoms with van der Waals surface area (Å²) in [5.41, 5.74) is 12.2. The van der Waals surface area contributed by atoms with Crippen LogP contribution in [0.15, 0.2) is 109 Å². The summed E-state index contributed by atoms with van der Waals surface area (Å²) < 4.78 is 0. The summed E-state index contributed by atoms with van der Waals surface area (Å²) in [7, 11) is 11.0. The van der Waals surface area contributed by atoms with Gasteiger partial charge in [0.15, 0.2) is 0 Å². The number of hydrogen-bond acceptors (Lipinski definition) is 0. The van der Waals surface area contributed by atoms with Gasteiger partial charge in [-0.3, -0.25) is 0 Å². The van der Waals surface area contributed by atoms with E-state index in [1.54, 1.807) is 11.1 Å². The molecule has 0 spiro atoms. The zero-order valence-electron chi connectivity index (χ0n) is 39.3. The van der Waals surface area contributed by atoms with Crippen molar-refractivity contribution >= 4 is 48.1 Å². The van der Waals surface area contributed by atoms with Crippen molar-refractivity contribution in [2.45, 2.75) is 169 Å². The van der Waals surface area contributed by atoms with Crippen LogP contribution in [-0.2, 0) is 33.7 Å². The van der Waals surface area contributed by atoms with Crippen molar-refractivity contribution in [2.24, 2.45) is 10.8 Å². The molecular weight excluding hydrogens is 887 g/mol. The van der Waals surface area contributed by atoms with Crippen LogP contribution in [0, 0.1) is 24.7 Å². The van der Waals surface area contributed by atoms with E-state index in [0.29, 0.717) is 10.8 Å².